The molecular formula is C15H23NO2. The minimum atomic E-state index is -0.363. The lowest BCUT2D eigenvalue weighted by molar-refractivity contribution is -0.0612. The first-order valence-corrected chi connectivity index (χ1v) is 6.65. The average Bonchev–Trinajstić information content (AvgIpc) is 2.41. The largest absolute Gasteiger partial charge is 0.391 e. The SMILES string of the molecule is CC(C)(C(O)Cc1ccccc1)N1CCOCC1. The lowest BCUT2D eigenvalue weighted by Crippen LogP contribution is -2.56. The van der Waals surface area contributed by atoms with Crippen molar-refractivity contribution in [1.29, 1.82) is 0 Å². The van der Waals surface area contributed by atoms with E-state index in [2.05, 4.69) is 30.9 Å². The fraction of sp³-hybridized carbons (Fsp3) is 0.600. The van der Waals surface area contributed by atoms with Crippen LogP contribution < -0.4 is 0 Å². The summed E-state index contributed by atoms with van der Waals surface area (Å²) >= 11 is 0. The predicted octanol–water partition coefficient (Wildman–Crippen LogP) is 1.70. The number of rotatable bonds is 4. The van der Waals surface area contributed by atoms with Gasteiger partial charge in [-0.25, -0.2) is 0 Å². The second kappa shape index (κ2) is 5.83. The number of nitrogens with zero attached hydrogens (tertiary/aromatic N) is 1. The average molecular weight is 249 g/mol. The molecule has 0 radical (unpaired) electrons. The van der Waals surface area contributed by atoms with E-state index >= 15 is 0 Å². The van der Waals surface area contributed by atoms with Crippen LogP contribution in [0.25, 0.3) is 0 Å². The van der Waals surface area contributed by atoms with Crippen molar-refractivity contribution in [3.63, 3.8) is 0 Å². The number of morpholine rings is 1. The van der Waals surface area contributed by atoms with E-state index in [1.54, 1.807) is 0 Å². The summed E-state index contributed by atoms with van der Waals surface area (Å²) < 4.78 is 5.37. The third-order valence-electron chi connectivity index (χ3n) is 3.91. The molecule has 0 aliphatic carbocycles. The second-order valence-corrected chi connectivity index (χ2v) is 5.46. The first kappa shape index (κ1) is 13.5. The van der Waals surface area contributed by atoms with Gasteiger partial charge < -0.3 is 9.84 Å². The van der Waals surface area contributed by atoms with Gasteiger partial charge in [0.15, 0.2) is 0 Å². The Balaban J connectivity index is 2.00. The number of aliphatic hydroxyl groups excluding tert-OH is 1. The fourth-order valence-corrected chi connectivity index (χ4v) is 2.44. The lowest BCUT2D eigenvalue weighted by atomic mass is 9.89. The quantitative estimate of drug-likeness (QED) is 0.881. The van der Waals surface area contributed by atoms with E-state index in [1.165, 1.54) is 5.56 Å². The van der Waals surface area contributed by atoms with Gasteiger partial charge in [0.2, 0.25) is 0 Å². The van der Waals surface area contributed by atoms with E-state index in [-0.39, 0.29) is 11.6 Å². The van der Waals surface area contributed by atoms with Crippen molar-refractivity contribution in [3.05, 3.63) is 35.9 Å². The standard InChI is InChI=1S/C15H23NO2/c1-15(2,16-8-10-18-11-9-16)14(17)12-13-6-4-3-5-7-13/h3-7,14,17H,8-12H2,1-2H3. The molecule has 1 atom stereocenters. The van der Waals surface area contributed by atoms with E-state index in [0.717, 1.165) is 26.3 Å². The summed E-state index contributed by atoms with van der Waals surface area (Å²) in [7, 11) is 0. The molecule has 1 aliphatic heterocycles. The minimum Gasteiger partial charge on any atom is -0.391 e. The van der Waals surface area contributed by atoms with Crippen LogP contribution >= 0.6 is 0 Å². The first-order chi connectivity index (χ1) is 8.60. The van der Waals surface area contributed by atoms with Gasteiger partial charge in [-0.2, -0.15) is 0 Å². The highest BCUT2D eigenvalue weighted by Gasteiger charge is 2.35. The van der Waals surface area contributed by atoms with E-state index in [1.807, 2.05) is 18.2 Å². The number of ether oxygens (including phenoxy) is 1. The van der Waals surface area contributed by atoms with Crippen molar-refractivity contribution in [2.24, 2.45) is 0 Å². The Kier molecular flexibility index (Phi) is 4.38. The van der Waals surface area contributed by atoms with Crippen LogP contribution in [0.2, 0.25) is 0 Å². The monoisotopic (exact) mass is 249 g/mol. The molecule has 1 fully saturated rings. The molecule has 0 spiro atoms. The van der Waals surface area contributed by atoms with Gasteiger partial charge in [-0.1, -0.05) is 30.3 Å². The van der Waals surface area contributed by atoms with Crippen LogP contribution in [0.5, 0.6) is 0 Å². The van der Waals surface area contributed by atoms with Gasteiger partial charge in [-0.05, 0) is 19.4 Å². The van der Waals surface area contributed by atoms with Crippen LogP contribution in [0.1, 0.15) is 19.4 Å². The highest BCUT2D eigenvalue weighted by molar-refractivity contribution is 5.16. The van der Waals surface area contributed by atoms with Gasteiger partial charge >= 0.3 is 0 Å². The van der Waals surface area contributed by atoms with Crippen LogP contribution in [0.3, 0.4) is 0 Å². The smallest absolute Gasteiger partial charge is 0.0758 e. The van der Waals surface area contributed by atoms with Gasteiger partial charge in [-0.15, -0.1) is 0 Å². The van der Waals surface area contributed by atoms with Crippen molar-refractivity contribution in [1.82, 2.24) is 4.90 Å². The molecule has 3 heteroatoms. The van der Waals surface area contributed by atoms with Gasteiger partial charge in [0.1, 0.15) is 0 Å². The summed E-state index contributed by atoms with van der Waals surface area (Å²) in [4.78, 5) is 2.32. The highest BCUT2D eigenvalue weighted by atomic mass is 16.5. The van der Waals surface area contributed by atoms with E-state index in [9.17, 15) is 5.11 Å². The summed E-state index contributed by atoms with van der Waals surface area (Å²) in [6.45, 7) is 7.57. The third-order valence-corrected chi connectivity index (χ3v) is 3.91. The number of hydrogen-bond donors (Lipinski definition) is 1. The summed E-state index contributed by atoms with van der Waals surface area (Å²) in [5, 5.41) is 10.5. The molecule has 1 saturated heterocycles. The molecule has 0 aromatic heterocycles. The Morgan fingerprint density at radius 3 is 2.44 bits per heavy atom. The van der Waals surface area contributed by atoms with Crippen LogP contribution in [-0.4, -0.2) is 48.0 Å². The normalized spacial score (nSPS) is 19.7. The zero-order valence-electron chi connectivity index (χ0n) is 11.3. The Labute approximate surface area is 109 Å². The first-order valence-electron chi connectivity index (χ1n) is 6.65. The van der Waals surface area contributed by atoms with Crippen LogP contribution in [-0.2, 0) is 11.2 Å². The topological polar surface area (TPSA) is 32.7 Å². The van der Waals surface area contributed by atoms with E-state index in [0.29, 0.717) is 6.42 Å². The summed E-state index contributed by atoms with van der Waals surface area (Å²) in [5.74, 6) is 0. The third kappa shape index (κ3) is 3.10. The van der Waals surface area contributed by atoms with Gasteiger partial charge in [-0.3, -0.25) is 4.90 Å². The van der Waals surface area contributed by atoms with Crippen LogP contribution in [0, 0.1) is 0 Å². The molecule has 1 aliphatic rings. The molecular weight excluding hydrogens is 226 g/mol. The molecule has 1 aromatic carbocycles. The van der Waals surface area contributed by atoms with Crippen molar-refractivity contribution < 1.29 is 9.84 Å². The molecule has 0 saturated carbocycles. The molecule has 0 amide bonds. The molecule has 100 valence electrons. The van der Waals surface area contributed by atoms with Gasteiger partial charge in [0, 0.05) is 25.0 Å². The molecule has 1 unspecified atom stereocenters. The maximum absolute atomic E-state index is 10.5. The van der Waals surface area contributed by atoms with Gasteiger partial charge in [0.25, 0.3) is 0 Å². The number of hydrogen-bond acceptors (Lipinski definition) is 3. The Hall–Kier alpha value is -0.900. The van der Waals surface area contributed by atoms with Crippen molar-refractivity contribution in [2.75, 3.05) is 26.3 Å². The Morgan fingerprint density at radius 2 is 1.83 bits per heavy atom. The number of aliphatic hydroxyl groups is 1. The Morgan fingerprint density at radius 1 is 1.22 bits per heavy atom. The molecule has 0 bridgehead atoms. The van der Waals surface area contributed by atoms with Crippen molar-refractivity contribution in [2.45, 2.75) is 31.9 Å². The van der Waals surface area contributed by atoms with Crippen molar-refractivity contribution in [3.8, 4) is 0 Å². The zero-order valence-corrected chi connectivity index (χ0v) is 11.3. The number of benzene rings is 1. The highest BCUT2D eigenvalue weighted by Crippen LogP contribution is 2.23. The molecule has 2 rings (SSSR count). The molecule has 3 nitrogen and oxygen atoms in total. The second-order valence-electron chi connectivity index (χ2n) is 5.46. The van der Waals surface area contributed by atoms with E-state index in [4.69, 9.17) is 4.74 Å². The predicted molar refractivity (Wildman–Crippen MR) is 72.6 cm³/mol. The lowest BCUT2D eigenvalue weighted by Gasteiger charge is -2.43. The molecule has 1 heterocycles. The Bertz CT molecular complexity index is 358. The molecule has 1 aromatic rings. The zero-order chi connectivity index (χ0) is 13.0. The van der Waals surface area contributed by atoms with Crippen molar-refractivity contribution >= 4 is 0 Å². The summed E-state index contributed by atoms with van der Waals surface area (Å²) in [5.41, 5.74) is 0.978. The molecule has 18 heavy (non-hydrogen) atoms. The summed E-state index contributed by atoms with van der Waals surface area (Å²) in [6.07, 6.45) is 0.337. The maximum atomic E-state index is 10.5. The molecule has 1 N–H and O–H groups in total. The summed E-state index contributed by atoms with van der Waals surface area (Å²) in [6, 6.07) is 10.2. The van der Waals surface area contributed by atoms with Gasteiger partial charge in [0.05, 0.1) is 19.3 Å². The van der Waals surface area contributed by atoms with Crippen LogP contribution in [0.15, 0.2) is 30.3 Å². The van der Waals surface area contributed by atoms with Crippen LogP contribution in [0.4, 0.5) is 0 Å². The van der Waals surface area contributed by atoms with E-state index < -0.39 is 0 Å². The fourth-order valence-electron chi connectivity index (χ4n) is 2.44. The minimum absolute atomic E-state index is 0.209. The maximum Gasteiger partial charge on any atom is 0.0758 e.